The summed E-state index contributed by atoms with van der Waals surface area (Å²) in [4.78, 5) is 24.6. The average Bonchev–Trinajstić information content (AvgIpc) is 3.74. The minimum atomic E-state index is -2.10. The zero-order valence-electron chi connectivity index (χ0n) is 27.3. The number of hydrogen-bond donors (Lipinski definition) is 7. The van der Waals surface area contributed by atoms with Gasteiger partial charge >= 0.3 is 11.9 Å². The molecule has 0 aliphatic carbocycles. The Labute approximate surface area is 279 Å². The molecule has 3 fully saturated rings. The predicted molar refractivity (Wildman–Crippen MR) is 170 cm³/mol. The van der Waals surface area contributed by atoms with Crippen molar-refractivity contribution in [2.45, 2.75) is 126 Å². The van der Waals surface area contributed by atoms with Crippen LogP contribution in [-0.2, 0) is 33.3 Å². The number of esters is 1. The number of epoxide rings is 1. The first-order valence-electron chi connectivity index (χ1n) is 16.3. The van der Waals surface area contributed by atoms with Crippen LogP contribution in [0.5, 0.6) is 0 Å². The van der Waals surface area contributed by atoms with Crippen LogP contribution in [0.25, 0.3) is 0 Å². The molecule has 0 aromatic heterocycles. The lowest BCUT2D eigenvalue weighted by molar-refractivity contribution is -0.308. The number of carbonyl (C=O) groups is 2. The maximum Gasteiger partial charge on any atom is 0.330 e. The van der Waals surface area contributed by atoms with Crippen molar-refractivity contribution in [3.05, 3.63) is 60.8 Å². The maximum atomic E-state index is 12.3. The number of carboxylic acid groups (broad SMARTS) is 1. The molecule has 0 spiro atoms. The van der Waals surface area contributed by atoms with Crippen molar-refractivity contribution >= 4 is 11.9 Å². The normalized spacial score (nSPS) is 48.1. The number of fused-ring (bicyclic) bond motifs is 3. The largest absolute Gasteiger partial charge is 0.481 e. The predicted octanol–water partition coefficient (Wildman–Crippen LogP) is 0.366. The van der Waals surface area contributed by atoms with Gasteiger partial charge in [-0.1, -0.05) is 55.5 Å². The highest BCUT2D eigenvalue weighted by Gasteiger charge is 2.51. The number of carboxylic acids is 1. The van der Waals surface area contributed by atoms with E-state index in [1.54, 1.807) is 56.4 Å². The molecule has 14 nitrogen and oxygen atoms in total. The van der Waals surface area contributed by atoms with E-state index >= 15 is 0 Å². The topological polar surface area (TPSA) is 231 Å². The minimum Gasteiger partial charge on any atom is -0.481 e. The number of nitrogens with two attached hydrogens (primary N) is 1. The zero-order chi connectivity index (χ0) is 35.2. The van der Waals surface area contributed by atoms with E-state index < -0.39 is 103 Å². The second kappa shape index (κ2) is 16.8. The van der Waals surface area contributed by atoms with Crippen molar-refractivity contribution in [1.29, 1.82) is 0 Å². The molecule has 0 saturated carbocycles. The fourth-order valence-electron chi connectivity index (χ4n) is 6.10. The van der Waals surface area contributed by atoms with Crippen LogP contribution >= 0.6 is 0 Å². The third-order valence-electron chi connectivity index (χ3n) is 9.11. The van der Waals surface area contributed by atoms with Gasteiger partial charge in [-0.25, -0.2) is 4.79 Å². The summed E-state index contributed by atoms with van der Waals surface area (Å²) in [6.45, 7) is 5.27. The van der Waals surface area contributed by atoms with Gasteiger partial charge in [-0.3, -0.25) is 4.79 Å². The van der Waals surface area contributed by atoms with Crippen molar-refractivity contribution in [2.75, 3.05) is 0 Å². The fourth-order valence-corrected chi connectivity index (χ4v) is 6.10. The average molecular weight is 680 g/mol. The number of aliphatic hydroxyl groups is 5. The van der Waals surface area contributed by atoms with Gasteiger partial charge in [-0.2, -0.15) is 0 Å². The van der Waals surface area contributed by atoms with Gasteiger partial charge in [-0.15, -0.1) is 0 Å². The van der Waals surface area contributed by atoms with Gasteiger partial charge in [0.25, 0.3) is 0 Å². The molecule has 0 aromatic carbocycles. The van der Waals surface area contributed by atoms with E-state index in [-0.39, 0.29) is 25.2 Å². The van der Waals surface area contributed by atoms with Crippen LogP contribution in [0.4, 0.5) is 0 Å². The zero-order valence-corrected chi connectivity index (χ0v) is 27.3. The first-order valence-corrected chi connectivity index (χ1v) is 16.3. The second-order valence-corrected chi connectivity index (χ2v) is 13.0. The molecular weight excluding hydrogens is 630 g/mol. The SMILES string of the molecule is CC1OC(=O)/C=C/C2OC2CC(O)CC2(O)C[C@H](O)C(C(=O)O)[C@H](CC(OC3O[C@H](C)C(O)[C@H](N)[C@@H]3O)/C=C/C=C/C=C/C=C/[C@@H]1C)O2. The highest BCUT2D eigenvalue weighted by atomic mass is 16.7. The van der Waals surface area contributed by atoms with Crippen molar-refractivity contribution in [3.8, 4) is 0 Å². The van der Waals surface area contributed by atoms with Gasteiger partial charge < -0.3 is 60.1 Å². The first kappa shape index (κ1) is 38.0. The van der Waals surface area contributed by atoms with E-state index in [1.165, 1.54) is 6.08 Å². The standard InChI is InChI=1S/C34H49NO13/c1-18-10-8-6-4-5-7-9-11-22(46-33-31(40)29(35)30(39)20(3)45-33)15-26-28(32(41)42)23(37)17-34(43,48-26)16-21(36)14-25-24(47-25)12-13-27(38)44-19(18)2/h4-13,18-26,28-31,33,36-37,39-40,43H,14-17,35H2,1-3H3,(H,41,42)/b6-4+,7-5+,10-8+,11-9+,13-12+/t18-,19?,20+,21?,22?,23-,24?,25?,26-,28?,29-,30?,31-,33?,34?/m0/s1. The summed E-state index contributed by atoms with van der Waals surface area (Å²) < 4.78 is 28.7. The van der Waals surface area contributed by atoms with Crippen molar-refractivity contribution in [2.24, 2.45) is 17.6 Å². The third-order valence-corrected chi connectivity index (χ3v) is 9.11. The van der Waals surface area contributed by atoms with Crippen LogP contribution in [0.2, 0.25) is 0 Å². The van der Waals surface area contributed by atoms with Crippen LogP contribution in [0.3, 0.4) is 0 Å². The lowest BCUT2D eigenvalue weighted by atomic mass is 9.83. The molecule has 0 amide bonds. The van der Waals surface area contributed by atoms with Crippen LogP contribution in [-0.4, -0.2) is 122 Å². The van der Waals surface area contributed by atoms with Gasteiger partial charge in [0, 0.05) is 37.7 Å². The Morgan fingerprint density at radius 1 is 0.875 bits per heavy atom. The molecule has 14 heteroatoms. The van der Waals surface area contributed by atoms with Gasteiger partial charge in [0.1, 0.15) is 24.2 Å². The van der Waals surface area contributed by atoms with E-state index in [4.69, 9.17) is 29.4 Å². The summed E-state index contributed by atoms with van der Waals surface area (Å²) in [5.74, 6) is -5.53. The van der Waals surface area contributed by atoms with Crippen molar-refractivity contribution in [3.63, 3.8) is 0 Å². The Bertz CT molecular complexity index is 1250. The maximum absolute atomic E-state index is 12.3. The summed E-state index contributed by atoms with van der Waals surface area (Å²) >= 11 is 0. The molecule has 8 N–H and O–H groups in total. The Kier molecular flexibility index (Phi) is 13.3. The Morgan fingerprint density at radius 2 is 1.54 bits per heavy atom. The molecule has 0 radical (unpaired) electrons. The molecule has 0 aromatic rings. The number of rotatable bonds is 3. The summed E-state index contributed by atoms with van der Waals surface area (Å²) in [5.41, 5.74) is 5.98. The Hall–Kier alpha value is -2.76. The molecule has 4 rings (SSSR count). The smallest absolute Gasteiger partial charge is 0.330 e. The molecule has 4 heterocycles. The number of carbonyl (C=O) groups excluding carboxylic acids is 1. The quantitative estimate of drug-likeness (QED) is 0.158. The highest BCUT2D eigenvalue weighted by molar-refractivity contribution is 5.82. The van der Waals surface area contributed by atoms with E-state index in [1.807, 2.05) is 19.1 Å². The number of cyclic esters (lactones) is 1. The van der Waals surface area contributed by atoms with Gasteiger partial charge in [0.05, 0.1) is 48.8 Å². The molecule has 4 aliphatic heterocycles. The third kappa shape index (κ3) is 10.4. The van der Waals surface area contributed by atoms with E-state index in [0.717, 1.165) is 0 Å². The minimum absolute atomic E-state index is 0.0747. The van der Waals surface area contributed by atoms with E-state index in [0.29, 0.717) is 0 Å². The molecule has 9 unspecified atom stereocenters. The highest BCUT2D eigenvalue weighted by Crippen LogP contribution is 2.39. The number of hydrogen-bond acceptors (Lipinski definition) is 13. The van der Waals surface area contributed by atoms with Gasteiger partial charge in [-0.05, 0) is 19.9 Å². The van der Waals surface area contributed by atoms with Crippen LogP contribution < -0.4 is 5.73 Å². The summed E-state index contributed by atoms with van der Waals surface area (Å²) in [6.07, 6.45) is 4.79. The number of ether oxygens (including phenoxy) is 5. The Morgan fingerprint density at radius 3 is 2.23 bits per heavy atom. The number of aliphatic hydroxyl groups excluding tert-OH is 4. The fraction of sp³-hybridized carbons (Fsp3) is 0.647. The van der Waals surface area contributed by atoms with Crippen molar-refractivity contribution in [1.82, 2.24) is 0 Å². The summed E-state index contributed by atoms with van der Waals surface area (Å²) in [6, 6.07) is -1.08. The summed E-state index contributed by atoms with van der Waals surface area (Å²) in [5, 5.41) is 64.1. The molecule has 4 aliphatic rings. The number of allylic oxidation sites excluding steroid dienone is 6. The lowest BCUT2D eigenvalue weighted by Gasteiger charge is -2.45. The monoisotopic (exact) mass is 679 g/mol. The van der Waals surface area contributed by atoms with Gasteiger partial charge in [0.2, 0.25) is 0 Å². The number of aliphatic carboxylic acids is 1. The van der Waals surface area contributed by atoms with Crippen molar-refractivity contribution < 1.29 is 63.9 Å². The molecule has 15 atom stereocenters. The Balaban J connectivity index is 1.60. The van der Waals surface area contributed by atoms with Crippen LogP contribution in [0.1, 0.15) is 46.5 Å². The molecule has 3 saturated heterocycles. The first-order chi connectivity index (χ1) is 22.7. The second-order valence-electron chi connectivity index (χ2n) is 13.0. The van der Waals surface area contributed by atoms with Crippen LogP contribution in [0, 0.1) is 11.8 Å². The summed E-state index contributed by atoms with van der Waals surface area (Å²) in [7, 11) is 0. The lowest BCUT2D eigenvalue weighted by Crippen LogP contribution is -2.61. The molecule has 2 bridgehead atoms. The molecule has 48 heavy (non-hydrogen) atoms. The van der Waals surface area contributed by atoms with E-state index in [2.05, 4.69) is 0 Å². The molecular formula is C34H49NO13. The van der Waals surface area contributed by atoms with Gasteiger partial charge in [0.15, 0.2) is 12.1 Å². The van der Waals surface area contributed by atoms with Crippen LogP contribution in [0.15, 0.2) is 60.8 Å². The van der Waals surface area contributed by atoms with E-state index in [9.17, 15) is 40.2 Å². The molecule has 268 valence electrons.